The summed E-state index contributed by atoms with van der Waals surface area (Å²) in [5, 5.41) is 24.9. The number of nitrogens with zero attached hydrogens (tertiary/aromatic N) is 3. The summed E-state index contributed by atoms with van der Waals surface area (Å²) in [5.74, 6) is 5.59. The van der Waals surface area contributed by atoms with Gasteiger partial charge < -0.3 is 9.84 Å². The summed E-state index contributed by atoms with van der Waals surface area (Å²) in [6, 6.07) is 4.02. The predicted molar refractivity (Wildman–Crippen MR) is 137 cm³/mol. The summed E-state index contributed by atoms with van der Waals surface area (Å²) in [4.78, 5) is 0. The fraction of sp³-hybridized carbons (Fsp3) is 0.867. The van der Waals surface area contributed by atoms with E-state index in [1.807, 2.05) is 23.9 Å². The number of fused-ring (bicyclic) bond motifs is 5. The molecule has 4 saturated carbocycles. The van der Waals surface area contributed by atoms with Crippen LogP contribution >= 0.6 is 0 Å². The normalized spacial score (nSPS) is 41.5. The SMILES string of the molecule is CCOCC[C@@]1(O)CC[C@H]2[C@H](CC[C@@H]3[C@@H]2CC[C@]2(C)[C@@H]([C@H](CC)Cn4ccc(C#N)n4)CC[C@@H]32)C1. The van der Waals surface area contributed by atoms with Crippen molar-refractivity contribution in [3.63, 3.8) is 0 Å². The molecule has 0 saturated heterocycles. The van der Waals surface area contributed by atoms with Gasteiger partial charge in [0.2, 0.25) is 0 Å². The predicted octanol–water partition coefficient (Wildman–Crippen LogP) is 6.21. The molecule has 35 heavy (non-hydrogen) atoms. The number of hydrogen-bond donors (Lipinski definition) is 1. The molecule has 4 fully saturated rings. The van der Waals surface area contributed by atoms with Crippen LogP contribution in [-0.4, -0.2) is 33.7 Å². The maximum atomic E-state index is 11.3. The van der Waals surface area contributed by atoms with E-state index in [4.69, 9.17) is 4.74 Å². The van der Waals surface area contributed by atoms with E-state index >= 15 is 0 Å². The van der Waals surface area contributed by atoms with E-state index in [0.717, 1.165) is 67.9 Å². The van der Waals surface area contributed by atoms with Crippen LogP contribution in [0.25, 0.3) is 0 Å². The molecule has 5 heteroatoms. The lowest BCUT2D eigenvalue weighted by molar-refractivity contribution is -0.115. The van der Waals surface area contributed by atoms with Gasteiger partial charge in [0.1, 0.15) is 6.07 Å². The van der Waals surface area contributed by atoms with Gasteiger partial charge in [-0.15, -0.1) is 0 Å². The van der Waals surface area contributed by atoms with Crippen LogP contribution in [0, 0.1) is 58.2 Å². The minimum absolute atomic E-state index is 0.451. The van der Waals surface area contributed by atoms with Crippen molar-refractivity contribution in [3.8, 4) is 6.07 Å². The molecule has 0 bridgehead atoms. The molecule has 1 N–H and O–H groups in total. The lowest BCUT2D eigenvalue weighted by Crippen LogP contribution is -2.51. The van der Waals surface area contributed by atoms with Gasteiger partial charge in [-0.3, -0.25) is 4.68 Å². The molecule has 1 aromatic heterocycles. The van der Waals surface area contributed by atoms with Gasteiger partial charge in [-0.25, -0.2) is 0 Å². The van der Waals surface area contributed by atoms with E-state index in [-0.39, 0.29) is 0 Å². The fourth-order valence-corrected chi connectivity index (χ4v) is 9.72. The molecule has 1 heterocycles. The smallest absolute Gasteiger partial charge is 0.162 e. The number of aliphatic hydroxyl groups is 1. The fourth-order valence-electron chi connectivity index (χ4n) is 9.72. The highest BCUT2D eigenvalue weighted by Gasteiger charge is 2.58. The number of nitriles is 1. The van der Waals surface area contributed by atoms with Crippen molar-refractivity contribution in [1.82, 2.24) is 9.78 Å². The highest BCUT2D eigenvalue weighted by atomic mass is 16.5. The lowest BCUT2D eigenvalue weighted by Gasteiger charge is -2.57. The van der Waals surface area contributed by atoms with Gasteiger partial charge in [0.15, 0.2) is 5.69 Å². The van der Waals surface area contributed by atoms with Crippen LogP contribution in [0.15, 0.2) is 12.3 Å². The Morgan fingerprint density at radius 1 is 1.14 bits per heavy atom. The molecular weight excluding hydrogens is 434 g/mol. The molecule has 5 nitrogen and oxygen atoms in total. The minimum atomic E-state index is -0.489. The number of aromatic nitrogens is 2. The third-order valence-corrected chi connectivity index (χ3v) is 11.4. The molecule has 0 radical (unpaired) electrons. The van der Waals surface area contributed by atoms with E-state index in [2.05, 4.69) is 25.0 Å². The third-order valence-electron chi connectivity index (χ3n) is 11.4. The standard InChI is InChI=1S/C30H47N3O2/c1-4-21(20-33-16-12-23(19-31)32-33)27-8-9-28-26-7-6-22-18-30(34,15-17-35-5-2)14-11-24(22)25(26)10-13-29(27,28)3/h12,16,21-22,24-28,34H,4-11,13-15,17-18,20H2,1-3H3/t21-,22-,24+,25-,26-,27-,28+,29-,30+/m1/s1. The zero-order chi connectivity index (χ0) is 24.6. The van der Waals surface area contributed by atoms with E-state index < -0.39 is 5.60 Å². The van der Waals surface area contributed by atoms with Gasteiger partial charge in [0.05, 0.1) is 5.60 Å². The monoisotopic (exact) mass is 481 g/mol. The second-order valence-electron chi connectivity index (χ2n) is 12.8. The molecule has 0 spiro atoms. The van der Waals surface area contributed by atoms with E-state index in [1.54, 1.807) is 0 Å². The Labute approximate surface area is 212 Å². The number of ether oxygens (including phenoxy) is 1. The molecule has 0 aromatic carbocycles. The van der Waals surface area contributed by atoms with Crippen LogP contribution in [0.4, 0.5) is 0 Å². The van der Waals surface area contributed by atoms with Crippen LogP contribution in [0.5, 0.6) is 0 Å². The maximum absolute atomic E-state index is 11.3. The molecule has 0 aliphatic heterocycles. The van der Waals surface area contributed by atoms with Crippen molar-refractivity contribution in [1.29, 1.82) is 5.26 Å². The third kappa shape index (κ3) is 4.71. The summed E-state index contributed by atoms with van der Waals surface area (Å²) in [7, 11) is 0. The lowest BCUT2D eigenvalue weighted by atomic mass is 9.48. The van der Waals surface area contributed by atoms with Gasteiger partial charge in [0.25, 0.3) is 0 Å². The molecule has 1 aromatic rings. The summed E-state index contributed by atoms with van der Waals surface area (Å²) in [6.45, 7) is 9.42. The van der Waals surface area contributed by atoms with E-state index in [9.17, 15) is 10.4 Å². The van der Waals surface area contributed by atoms with E-state index in [1.165, 1.54) is 51.4 Å². The van der Waals surface area contributed by atoms with Crippen LogP contribution in [0.1, 0.15) is 97.1 Å². The van der Waals surface area contributed by atoms with Gasteiger partial charge >= 0.3 is 0 Å². The molecule has 0 unspecified atom stereocenters. The Morgan fingerprint density at radius 3 is 2.71 bits per heavy atom. The zero-order valence-corrected chi connectivity index (χ0v) is 22.3. The first-order valence-corrected chi connectivity index (χ1v) is 14.6. The largest absolute Gasteiger partial charge is 0.390 e. The van der Waals surface area contributed by atoms with E-state index in [0.29, 0.717) is 23.6 Å². The molecule has 194 valence electrons. The Morgan fingerprint density at radius 2 is 1.97 bits per heavy atom. The highest BCUT2D eigenvalue weighted by Crippen LogP contribution is 2.66. The quantitative estimate of drug-likeness (QED) is 0.448. The van der Waals surface area contributed by atoms with Crippen LogP contribution in [-0.2, 0) is 11.3 Å². The molecule has 4 aliphatic rings. The van der Waals surface area contributed by atoms with Crippen molar-refractivity contribution in [3.05, 3.63) is 18.0 Å². The molecule has 4 aliphatic carbocycles. The highest BCUT2D eigenvalue weighted by molar-refractivity contribution is 5.16. The molecular formula is C30H47N3O2. The number of hydrogen-bond acceptors (Lipinski definition) is 4. The molecule has 0 amide bonds. The van der Waals surface area contributed by atoms with Crippen molar-refractivity contribution in [2.75, 3.05) is 13.2 Å². The van der Waals surface area contributed by atoms with Gasteiger partial charge in [-0.2, -0.15) is 10.4 Å². The minimum Gasteiger partial charge on any atom is -0.390 e. The van der Waals surface area contributed by atoms with Crippen LogP contribution < -0.4 is 0 Å². The Hall–Kier alpha value is -1.38. The second kappa shape index (κ2) is 10.2. The van der Waals surface area contributed by atoms with Gasteiger partial charge in [0, 0.05) is 26.0 Å². The molecule has 5 rings (SSSR count). The average molecular weight is 482 g/mol. The first-order chi connectivity index (χ1) is 16.9. The van der Waals surface area contributed by atoms with Gasteiger partial charge in [-0.05, 0) is 124 Å². The van der Waals surface area contributed by atoms with Crippen molar-refractivity contribution in [2.45, 2.75) is 104 Å². The average Bonchev–Trinajstić information content (AvgIpc) is 3.46. The van der Waals surface area contributed by atoms with Crippen molar-refractivity contribution in [2.24, 2.45) is 46.8 Å². The summed E-state index contributed by atoms with van der Waals surface area (Å²) >= 11 is 0. The van der Waals surface area contributed by atoms with Crippen LogP contribution in [0.3, 0.4) is 0 Å². The zero-order valence-electron chi connectivity index (χ0n) is 22.3. The van der Waals surface area contributed by atoms with Crippen LogP contribution in [0.2, 0.25) is 0 Å². The van der Waals surface area contributed by atoms with Crippen molar-refractivity contribution >= 4 is 0 Å². The van der Waals surface area contributed by atoms with Crippen molar-refractivity contribution < 1.29 is 9.84 Å². The molecule has 9 atom stereocenters. The van der Waals surface area contributed by atoms with Gasteiger partial charge in [-0.1, -0.05) is 20.3 Å². The first-order valence-electron chi connectivity index (χ1n) is 14.6. The second-order valence-corrected chi connectivity index (χ2v) is 12.8. The maximum Gasteiger partial charge on any atom is 0.162 e. The number of rotatable bonds is 8. The summed E-state index contributed by atoms with van der Waals surface area (Å²) in [5.41, 5.74) is 0.494. The Bertz CT molecular complexity index is 908. The Kier molecular flexibility index (Phi) is 7.35. The Balaban J connectivity index is 1.25. The summed E-state index contributed by atoms with van der Waals surface area (Å²) < 4.78 is 7.61. The first kappa shape index (κ1) is 25.3. The topological polar surface area (TPSA) is 71.1 Å². The summed E-state index contributed by atoms with van der Waals surface area (Å²) in [6.07, 6.45) is 15.4.